The van der Waals surface area contributed by atoms with Gasteiger partial charge in [-0.05, 0) is 44.0 Å². The van der Waals surface area contributed by atoms with Crippen molar-refractivity contribution in [2.75, 3.05) is 11.9 Å². The molecule has 0 saturated heterocycles. The number of unbranched alkanes of at least 4 members (excludes halogenated alkanes) is 3. The Morgan fingerprint density at radius 2 is 1.67 bits per heavy atom. The fourth-order valence-electron chi connectivity index (χ4n) is 1.90. The third-order valence-electron chi connectivity index (χ3n) is 2.97. The van der Waals surface area contributed by atoms with Crippen molar-refractivity contribution >= 4 is 33.5 Å². The van der Waals surface area contributed by atoms with E-state index in [0.717, 1.165) is 35.8 Å². The Bertz CT molecular complexity index is 445. The molecule has 0 atom stereocenters. The van der Waals surface area contributed by atoms with E-state index >= 15 is 0 Å². The standard InChI is InChI=1S/C16H22BrNO3/c1-2-21-16(20)8-6-4-3-5-7-15(19)18-14-11-9-13(17)10-12-14/h9-12H,2-8H2,1H3,(H,18,19). The minimum Gasteiger partial charge on any atom is -0.466 e. The van der Waals surface area contributed by atoms with E-state index in [9.17, 15) is 9.59 Å². The van der Waals surface area contributed by atoms with Gasteiger partial charge in [-0.25, -0.2) is 0 Å². The summed E-state index contributed by atoms with van der Waals surface area (Å²) in [6.45, 7) is 2.25. The van der Waals surface area contributed by atoms with Crippen LogP contribution in [0.4, 0.5) is 5.69 Å². The number of esters is 1. The first kappa shape index (κ1) is 17.7. The predicted molar refractivity (Wildman–Crippen MR) is 87.1 cm³/mol. The zero-order valence-corrected chi connectivity index (χ0v) is 13.9. The minimum absolute atomic E-state index is 0.0303. The largest absolute Gasteiger partial charge is 0.466 e. The topological polar surface area (TPSA) is 55.4 Å². The smallest absolute Gasteiger partial charge is 0.305 e. The van der Waals surface area contributed by atoms with Crippen LogP contribution in [0.5, 0.6) is 0 Å². The van der Waals surface area contributed by atoms with Gasteiger partial charge in [-0.2, -0.15) is 0 Å². The molecule has 0 aliphatic heterocycles. The lowest BCUT2D eigenvalue weighted by atomic mass is 10.1. The molecule has 1 rings (SSSR count). The predicted octanol–water partition coefficient (Wildman–Crippen LogP) is 4.29. The van der Waals surface area contributed by atoms with E-state index in [0.29, 0.717) is 19.4 Å². The molecule has 0 radical (unpaired) electrons. The molecule has 5 heteroatoms. The Morgan fingerprint density at radius 3 is 2.29 bits per heavy atom. The van der Waals surface area contributed by atoms with E-state index in [2.05, 4.69) is 21.2 Å². The van der Waals surface area contributed by atoms with Gasteiger partial charge in [0.2, 0.25) is 5.91 Å². The normalized spacial score (nSPS) is 10.2. The number of amides is 1. The third kappa shape index (κ3) is 8.50. The van der Waals surface area contributed by atoms with Crippen molar-refractivity contribution in [2.24, 2.45) is 0 Å². The molecule has 1 N–H and O–H groups in total. The molecule has 0 fully saturated rings. The van der Waals surface area contributed by atoms with E-state index in [4.69, 9.17) is 4.74 Å². The van der Waals surface area contributed by atoms with E-state index in [1.807, 2.05) is 31.2 Å². The highest BCUT2D eigenvalue weighted by molar-refractivity contribution is 9.10. The van der Waals surface area contributed by atoms with Gasteiger partial charge < -0.3 is 10.1 Å². The van der Waals surface area contributed by atoms with Crippen molar-refractivity contribution in [3.63, 3.8) is 0 Å². The summed E-state index contributed by atoms with van der Waals surface area (Å²) in [5.74, 6) is -0.104. The van der Waals surface area contributed by atoms with Crippen LogP contribution in [0.15, 0.2) is 28.7 Å². The molecular weight excluding hydrogens is 334 g/mol. The number of ether oxygens (including phenoxy) is 1. The maximum atomic E-state index is 11.7. The number of halogens is 1. The highest BCUT2D eigenvalue weighted by atomic mass is 79.9. The van der Waals surface area contributed by atoms with Crippen molar-refractivity contribution in [1.82, 2.24) is 0 Å². The number of hydrogen-bond acceptors (Lipinski definition) is 3. The summed E-state index contributed by atoms with van der Waals surface area (Å²) in [4.78, 5) is 22.8. The van der Waals surface area contributed by atoms with E-state index in [-0.39, 0.29) is 11.9 Å². The molecule has 0 aliphatic rings. The molecule has 0 aliphatic carbocycles. The summed E-state index contributed by atoms with van der Waals surface area (Å²) >= 11 is 3.35. The lowest BCUT2D eigenvalue weighted by Gasteiger charge is -2.05. The van der Waals surface area contributed by atoms with Crippen LogP contribution < -0.4 is 5.32 Å². The second kappa shape index (κ2) is 10.4. The maximum Gasteiger partial charge on any atom is 0.305 e. The second-order valence-corrected chi connectivity index (χ2v) is 5.69. The van der Waals surface area contributed by atoms with Crippen LogP contribution in [-0.4, -0.2) is 18.5 Å². The monoisotopic (exact) mass is 355 g/mol. The maximum absolute atomic E-state index is 11.7. The lowest BCUT2D eigenvalue weighted by molar-refractivity contribution is -0.143. The Balaban J connectivity index is 2.06. The van der Waals surface area contributed by atoms with Crippen LogP contribution in [0.25, 0.3) is 0 Å². The first-order valence-electron chi connectivity index (χ1n) is 7.33. The quantitative estimate of drug-likeness (QED) is 0.530. The van der Waals surface area contributed by atoms with E-state index < -0.39 is 0 Å². The molecule has 1 amide bonds. The van der Waals surface area contributed by atoms with Gasteiger partial charge in [0.1, 0.15) is 0 Å². The van der Waals surface area contributed by atoms with Crippen molar-refractivity contribution < 1.29 is 14.3 Å². The summed E-state index contributed by atoms with van der Waals surface area (Å²) < 4.78 is 5.84. The van der Waals surface area contributed by atoms with Gasteiger partial charge in [-0.1, -0.05) is 28.8 Å². The summed E-state index contributed by atoms with van der Waals surface area (Å²) in [5.41, 5.74) is 0.811. The van der Waals surface area contributed by atoms with Crippen LogP contribution >= 0.6 is 15.9 Å². The van der Waals surface area contributed by atoms with Crippen molar-refractivity contribution in [2.45, 2.75) is 45.4 Å². The molecule has 0 bridgehead atoms. The second-order valence-electron chi connectivity index (χ2n) is 4.77. The fourth-order valence-corrected chi connectivity index (χ4v) is 2.16. The van der Waals surface area contributed by atoms with Crippen LogP contribution in [-0.2, 0) is 14.3 Å². The highest BCUT2D eigenvalue weighted by Gasteiger charge is 2.03. The van der Waals surface area contributed by atoms with Crippen LogP contribution in [0.2, 0.25) is 0 Å². The van der Waals surface area contributed by atoms with Gasteiger partial charge >= 0.3 is 5.97 Å². The molecule has 21 heavy (non-hydrogen) atoms. The SMILES string of the molecule is CCOC(=O)CCCCCCC(=O)Nc1ccc(Br)cc1. The molecule has 0 saturated carbocycles. The first-order chi connectivity index (χ1) is 10.1. The molecule has 0 unspecified atom stereocenters. The van der Waals surface area contributed by atoms with Crippen molar-refractivity contribution in [1.29, 1.82) is 0 Å². The fraction of sp³-hybridized carbons (Fsp3) is 0.500. The zero-order chi connectivity index (χ0) is 15.5. The number of rotatable bonds is 9. The van der Waals surface area contributed by atoms with E-state index in [1.54, 1.807) is 0 Å². The van der Waals surface area contributed by atoms with Crippen molar-refractivity contribution in [3.8, 4) is 0 Å². The average Bonchev–Trinajstić information content (AvgIpc) is 2.45. The van der Waals surface area contributed by atoms with Crippen LogP contribution in [0.1, 0.15) is 45.4 Å². The van der Waals surface area contributed by atoms with Crippen molar-refractivity contribution in [3.05, 3.63) is 28.7 Å². The summed E-state index contributed by atoms with van der Waals surface area (Å²) in [7, 11) is 0. The van der Waals surface area contributed by atoms with E-state index in [1.165, 1.54) is 0 Å². The zero-order valence-electron chi connectivity index (χ0n) is 12.4. The number of benzene rings is 1. The molecule has 116 valence electrons. The average molecular weight is 356 g/mol. The number of anilines is 1. The molecule has 0 heterocycles. The lowest BCUT2D eigenvalue weighted by Crippen LogP contribution is -2.10. The summed E-state index contributed by atoms with van der Waals surface area (Å²) in [6, 6.07) is 7.51. The first-order valence-corrected chi connectivity index (χ1v) is 8.12. The highest BCUT2D eigenvalue weighted by Crippen LogP contribution is 2.14. The molecular formula is C16H22BrNO3. The van der Waals surface area contributed by atoms with Gasteiger partial charge in [0.25, 0.3) is 0 Å². The number of nitrogens with one attached hydrogen (secondary N) is 1. The van der Waals surface area contributed by atoms with Gasteiger partial charge in [0.15, 0.2) is 0 Å². The molecule has 4 nitrogen and oxygen atoms in total. The number of carbonyl (C=O) groups is 2. The molecule has 1 aromatic rings. The van der Waals surface area contributed by atoms with Gasteiger partial charge in [0, 0.05) is 23.0 Å². The number of carbonyl (C=O) groups excluding carboxylic acids is 2. The van der Waals surface area contributed by atoms with Gasteiger partial charge in [0.05, 0.1) is 6.61 Å². The third-order valence-corrected chi connectivity index (χ3v) is 3.50. The Morgan fingerprint density at radius 1 is 1.05 bits per heavy atom. The Labute approximate surface area is 134 Å². The number of hydrogen-bond donors (Lipinski definition) is 1. The molecule has 1 aromatic carbocycles. The summed E-state index contributed by atoms with van der Waals surface area (Å²) in [6.07, 6.45) is 4.55. The van der Waals surface area contributed by atoms with Crippen LogP contribution in [0.3, 0.4) is 0 Å². The molecule has 0 aromatic heterocycles. The van der Waals surface area contributed by atoms with Crippen LogP contribution in [0, 0.1) is 0 Å². The van der Waals surface area contributed by atoms with Gasteiger partial charge in [-0.3, -0.25) is 9.59 Å². The Kier molecular flexibility index (Phi) is 8.74. The summed E-state index contributed by atoms with van der Waals surface area (Å²) in [5, 5.41) is 2.86. The van der Waals surface area contributed by atoms with Gasteiger partial charge in [-0.15, -0.1) is 0 Å². The molecule has 0 spiro atoms. The Hall–Kier alpha value is -1.36. The minimum atomic E-state index is -0.134.